The van der Waals surface area contributed by atoms with E-state index in [9.17, 15) is 9.90 Å². The van der Waals surface area contributed by atoms with Gasteiger partial charge in [0.05, 0.1) is 19.6 Å². The molecule has 0 fully saturated rings. The van der Waals surface area contributed by atoms with Gasteiger partial charge in [-0.15, -0.1) is 0 Å². The van der Waals surface area contributed by atoms with Crippen LogP contribution in [0.15, 0.2) is 0 Å². The zero-order chi connectivity index (χ0) is 9.23. The Hall–Kier alpha value is -0.570. The number of rotatable bonds is 7. The van der Waals surface area contributed by atoms with Crippen molar-refractivity contribution in [3.63, 3.8) is 0 Å². The molecule has 0 amide bonds. The number of hydrogen-bond acceptors (Lipinski definition) is 2. The lowest BCUT2D eigenvalue weighted by atomic mass is 10.2. The zero-order valence-corrected chi connectivity index (χ0v) is 7.67. The maximum atomic E-state index is 10.7. The largest absolute Gasteiger partial charge is 0.466 e. The van der Waals surface area contributed by atoms with Gasteiger partial charge in [0.1, 0.15) is 0 Å². The van der Waals surface area contributed by atoms with E-state index in [-0.39, 0.29) is 19.0 Å². The van der Waals surface area contributed by atoms with Crippen molar-refractivity contribution < 1.29 is 14.6 Å². The lowest BCUT2D eigenvalue weighted by Gasteiger charge is -2.02. The number of carbonyl (C=O) groups excluding carboxylic acids is 1. The Kier molecular flexibility index (Phi) is 8.12. The number of unbranched alkanes of at least 4 members (excludes halogenated alkanes) is 3. The van der Waals surface area contributed by atoms with Crippen molar-refractivity contribution in [1.82, 2.24) is 0 Å². The summed E-state index contributed by atoms with van der Waals surface area (Å²) in [6.07, 6.45) is 4.38. The van der Waals surface area contributed by atoms with Gasteiger partial charge in [-0.1, -0.05) is 26.2 Å². The summed E-state index contributed by atoms with van der Waals surface area (Å²) in [5.74, 6) is -0.360. The van der Waals surface area contributed by atoms with Gasteiger partial charge in [0.15, 0.2) is 0 Å². The van der Waals surface area contributed by atoms with Crippen LogP contribution in [0.4, 0.5) is 0 Å². The van der Waals surface area contributed by atoms with Crippen LogP contribution in [0.1, 0.15) is 39.0 Å². The Morgan fingerprint density at radius 3 is 2.58 bits per heavy atom. The first-order valence-electron chi connectivity index (χ1n) is 4.55. The molecule has 0 aromatic carbocycles. The van der Waals surface area contributed by atoms with E-state index < -0.39 is 0 Å². The molecule has 0 aliphatic carbocycles. The molecular formula is C9H17O3. The fourth-order valence-corrected chi connectivity index (χ4v) is 0.870. The molecule has 1 radical (unpaired) electrons. The minimum atomic E-state index is -0.367. The highest BCUT2D eigenvalue weighted by atomic mass is 16.5. The lowest BCUT2D eigenvalue weighted by Crippen LogP contribution is -2.06. The van der Waals surface area contributed by atoms with E-state index in [1.54, 1.807) is 0 Å². The van der Waals surface area contributed by atoms with Gasteiger partial charge < -0.3 is 4.74 Å². The Labute approximate surface area is 73.7 Å². The summed E-state index contributed by atoms with van der Waals surface area (Å²) in [4.78, 5) is 10.7. The second-order valence-electron chi connectivity index (χ2n) is 2.74. The third-order valence-corrected chi connectivity index (χ3v) is 1.57. The quantitative estimate of drug-likeness (QED) is 0.436. The van der Waals surface area contributed by atoms with Gasteiger partial charge in [0.2, 0.25) is 0 Å². The van der Waals surface area contributed by atoms with Gasteiger partial charge in [-0.05, 0) is 6.42 Å². The standard InChI is InChI=1S/C9H17O3/c1-2-3-4-5-8-12-9(11)6-7-10/h2-8H2,1H3. The van der Waals surface area contributed by atoms with Gasteiger partial charge >= 0.3 is 5.97 Å². The minimum Gasteiger partial charge on any atom is -0.466 e. The van der Waals surface area contributed by atoms with Crippen molar-refractivity contribution in [3.8, 4) is 0 Å². The average Bonchev–Trinajstić information content (AvgIpc) is 2.05. The van der Waals surface area contributed by atoms with Gasteiger partial charge in [0.25, 0.3) is 0 Å². The van der Waals surface area contributed by atoms with Crippen molar-refractivity contribution in [3.05, 3.63) is 0 Å². The lowest BCUT2D eigenvalue weighted by molar-refractivity contribution is -0.144. The summed E-state index contributed by atoms with van der Waals surface area (Å²) in [5.41, 5.74) is 0. The van der Waals surface area contributed by atoms with Crippen molar-refractivity contribution in [2.75, 3.05) is 13.2 Å². The SMILES string of the molecule is CCCCCCOC(=O)CC[O]. The number of carbonyl (C=O) groups is 1. The highest BCUT2D eigenvalue weighted by Gasteiger charge is 2.00. The van der Waals surface area contributed by atoms with E-state index in [1.807, 2.05) is 0 Å². The Balaban J connectivity index is 3.03. The van der Waals surface area contributed by atoms with Crippen LogP contribution in [-0.4, -0.2) is 19.2 Å². The van der Waals surface area contributed by atoms with Gasteiger partial charge in [-0.3, -0.25) is 4.79 Å². The average molecular weight is 173 g/mol. The predicted octanol–water partition coefficient (Wildman–Crippen LogP) is 1.93. The molecule has 0 bridgehead atoms. The van der Waals surface area contributed by atoms with Crippen LogP contribution in [0.2, 0.25) is 0 Å². The minimum absolute atomic E-state index is 0.00772. The van der Waals surface area contributed by atoms with Crippen molar-refractivity contribution >= 4 is 5.97 Å². The first-order chi connectivity index (χ1) is 5.81. The maximum Gasteiger partial charge on any atom is 0.308 e. The molecular weight excluding hydrogens is 156 g/mol. The second-order valence-corrected chi connectivity index (χ2v) is 2.74. The summed E-state index contributed by atoms with van der Waals surface area (Å²) in [6, 6.07) is 0. The molecule has 0 aromatic heterocycles. The van der Waals surface area contributed by atoms with E-state index in [1.165, 1.54) is 12.8 Å². The molecule has 12 heavy (non-hydrogen) atoms. The van der Waals surface area contributed by atoms with E-state index >= 15 is 0 Å². The van der Waals surface area contributed by atoms with E-state index in [2.05, 4.69) is 6.92 Å². The monoisotopic (exact) mass is 173 g/mol. The molecule has 3 nitrogen and oxygen atoms in total. The Bertz CT molecular complexity index is 112. The molecule has 0 heterocycles. The molecule has 0 saturated heterocycles. The fraction of sp³-hybridized carbons (Fsp3) is 0.889. The number of esters is 1. The van der Waals surface area contributed by atoms with Crippen LogP contribution in [0.3, 0.4) is 0 Å². The van der Waals surface area contributed by atoms with Crippen LogP contribution < -0.4 is 0 Å². The van der Waals surface area contributed by atoms with Crippen LogP contribution in [0, 0.1) is 0 Å². The zero-order valence-electron chi connectivity index (χ0n) is 7.67. The number of hydrogen-bond donors (Lipinski definition) is 0. The predicted molar refractivity (Wildman–Crippen MR) is 45.3 cm³/mol. The highest BCUT2D eigenvalue weighted by molar-refractivity contribution is 5.69. The molecule has 71 valence electrons. The molecule has 0 aliphatic rings. The third-order valence-electron chi connectivity index (χ3n) is 1.57. The molecule has 0 aliphatic heterocycles. The molecule has 0 aromatic rings. The van der Waals surface area contributed by atoms with Crippen molar-refractivity contribution in [2.24, 2.45) is 0 Å². The van der Waals surface area contributed by atoms with Crippen molar-refractivity contribution in [2.45, 2.75) is 39.0 Å². The topological polar surface area (TPSA) is 46.2 Å². The highest BCUT2D eigenvalue weighted by Crippen LogP contribution is 1.99. The Morgan fingerprint density at radius 2 is 2.00 bits per heavy atom. The summed E-state index contributed by atoms with van der Waals surface area (Å²) in [6.45, 7) is 2.23. The van der Waals surface area contributed by atoms with Gasteiger partial charge in [0, 0.05) is 0 Å². The molecule has 3 heteroatoms. The normalized spacial score (nSPS) is 9.83. The maximum absolute atomic E-state index is 10.7. The van der Waals surface area contributed by atoms with E-state index in [4.69, 9.17) is 4.74 Å². The molecule has 0 rings (SSSR count). The van der Waals surface area contributed by atoms with Crippen LogP contribution in [-0.2, 0) is 14.6 Å². The summed E-state index contributed by atoms with van der Waals surface area (Å²) in [7, 11) is 0. The van der Waals surface area contributed by atoms with Crippen LogP contribution in [0.5, 0.6) is 0 Å². The smallest absolute Gasteiger partial charge is 0.308 e. The van der Waals surface area contributed by atoms with Crippen molar-refractivity contribution in [1.29, 1.82) is 0 Å². The van der Waals surface area contributed by atoms with Crippen LogP contribution in [0.25, 0.3) is 0 Å². The molecule has 0 N–H and O–H groups in total. The fourth-order valence-electron chi connectivity index (χ4n) is 0.870. The first-order valence-corrected chi connectivity index (χ1v) is 4.55. The van der Waals surface area contributed by atoms with E-state index in [0.717, 1.165) is 12.8 Å². The van der Waals surface area contributed by atoms with E-state index in [0.29, 0.717) is 6.61 Å². The molecule has 0 saturated carbocycles. The summed E-state index contributed by atoms with van der Waals surface area (Å²) >= 11 is 0. The molecule has 0 unspecified atom stereocenters. The van der Waals surface area contributed by atoms with Gasteiger partial charge in [-0.25, -0.2) is 5.11 Å². The Morgan fingerprint density at radius 1 is 1.25 bits per heavy atom. The second kappa shape index (κ2) is 8.53. The third kappa shape index (κ3) is 7.54. The molecule has 0 atom stereocenters. The summed E-state index contributed by atoms with van der Waals surface area (Å²) in [5, 5.41) is 9.97. The first kappa shape index (κ1) is 11.4. The molecule has 0 spiro atoms. The summed E-state index contributed by atoms with van der Waals surface area (Å²) < 4.78 is 4.79. The van der Waals surface area contributed by atoms with Gasteiger partial charge in [-0.2, -0.15) is 0 Å². The van der Waals surface area contributed by atoms with Crippen LogP contribution >= 0.6 is 0 Å². The number of ether oxygens (including phenoxy) is 1.